The van der Waals surface area contributed by atoms with E-state index in [0.29, 0.717) is 96.5 Å². The summed E-state index contributed by atoms with van der Waals surface area (Å²) < 4.78 is 112. The van der Waals surface area contributed by atoms with Crippen molar-refractivity contribution >= 4 is 34.1 Å². The van der Waals surface area contributed by atoms with E-state index in [0.717, 1.165) is 80.4 Å². The topological polar surface area (TPSA) is 284 Å². The maximum absolute atomic E-state index is 13.0. The summed E-state index contributed by atoms with van der Waals surface area (Å²) >= 11 is 0. The normalized spacial score (nSPS) is 25.8. The molecule has 26 heteroatoms. The quantitative estimate of drug-likeness (QED) is 0.0674. The number of aryl methyl sites for hydroxylation is 1. The van der Waals surface area contributed by atoms with Gasteiger partial charge in [0.25, 0.3) is 0 Å². The number of aromatic hydroxyl groups is 5. The van der Waals surface area contributed by atoms with E-state index in [1.54, 1.807) is 66.7 Å². The second kappa shape index (κ2) is 43.7. The molecule has 12 aliphatic heterocycles. The van der Waals surface area contributed by atoms with Gasteiger partial charge in [-0.1, -0.05) is 235 Å². The van der Waals surface area contributed by atoms with E-state index in [9.17, 15) is 38.7 Å². The highest BCUT2D eigenvalue weighted by molar-refractivity contribution is 5.66. The van der Waals surface area contributed by atoms with E-state index >= 15 is 0 Å². The van der Waals surface area contributed by atoms with Crippen LogP contribution < -0.4 is 31.9 Å². The summed E-state index contributed by atoms with van der Waals surface area (Å²) in [7, 11) is 0. The number of hydrogen-bond donors (Lipinski definition) is 11. The van der Waals surface area contributed by atoms with E-state index in [1.807, 2.05) is 60.7 Å². The van der Waals surface area contributed by atoms with Gasteiger partial charge in [-0.25, -0.2) is 0 Å². The van der Waals surface area contributed by atoms with Crippen LogP contribution in [0.15, 0.2) is 261 Å². The summed E-state index contributed by atoms with van der Waals surface area (Å²) in [6.07, 6.45) is -5.22. The minimum atomic E-state index is -4.41. The highest BCUT2D eigenvalue weighted by Gasteiger charge is 2.49. The Kier molecular flexibility index (Phi) is 30.6. The number of benzene rings is 12. The molecule has 23 nitrogen and oxygen atoms in total. The molecule has 6 saturated heterocycles. The predicted octanol–water partition coefficient (Wildman–Crippen LogP) is 25.0. The molecule has 12 aromatic carbocycles. The predicted molar refractivity (Wildman–Crippen MR) is 559 cm³/mol. The standard InChI is InChI=1S/2C21H25NO3.C21H25NO2.C20H23NO3.C19H21NO3.C18H16F3NO3/c1-21(2,3)14-6-9-17-16(12-14)19-20(25-11-10-24-19)18(22-17)13-4-7-15(23)8-5-13;1-21(2,3)14-7-8-17-16(12-14)19-20(25-10-9-24-19)18(22-17)13-5-4-6-15(23)11-13;1-21(2,3)15-9-10-17-16(13-15)19-20(24-12-11-23-19)18(22-17)14-7-5-4-6-8-14;1-12(2)13-6-7-17-16(11-13)19-20(24-9-8-23-19)18(21-17)14-4-3-5-15(22)10-14;1-2-12-6-7-16-15(10-12)18-19(23-9-8-22-18)17(20-16)13-4-3-5-14(21)11-13;19-18(20,21)11-4-5-14-13(9-11)16-17(25-7-6-24-16)15(22-14)10-2-1-3-12(23)8-10/h4-9,12,18-20,22-23H,10-11H2,1-3H3;4-8,11-12,18-20,22-23H,9-10H2,1-3H3;4-10,13,18-20,22H,11-12H2,1-3H3;3-7,10-12,18-22H,8-9H2,1-2H3;3-7,10-11,17-21H,2,8-9H2,1H3;1-5,8-9,15-17,22-23H,6-7H2/t;3*18-,19+,20-;17-,18+,19-;/m.0000./s1. The Labute approximate surface area is 853 Å². The Hall–Kier alpha value is -12.3. The number of halogens is 3. The van der Waals surface area contributed by atoms with Crippen LogP contribution >= 0.6 is 0 Å². The van der Waals surface area contributed by atoms with Crippen molar-refractivity contribution in [1.29, 1.82) is 0 Å². The molecule has 146 heavy (non-hydrogen) atoms. The summed E-state index contributed by atoms with van der Waals surface area (Å²) in [6, 6.07) is 82.7. The van der Waals surface area contributed by atoms with Crippen molar-refractivity contribution in [2.24, 2.45) is 0 Å². The van der Waals surface area contributed by atoms with Gasteiger partial charge in [-0.2, -0.15) is 13.2 Å². The second-order valence-corrected chi connectivity index (χ2v) is 42.6. The number of anilines is 6. The second-order valence-electron chi connectivity index (χ2n) is 42.6. The van der Waals surface area contributed by atoms with Crippen molar-refractivity contribution < 1.29 is 95.5 Å². The number of alkyl halides is 3. The maximum atomic E-state index is 13.0. The lowest BCUT2D eigenvalue weighted by atomic mass is 9.82. The summed E-state index contributed by atoms with van der Waals surface area (Å²) in [4.78, 5) is 0. The molecular weight excluding hydrogens is 1850 g/mol. The third-order valence-corrected chi connectivity index (χ3v) is 29.3. The molecule has 12 aromatic rings. The number of rotatable bonds is 8. The number of fused-ring (bicyclic) bond motifs is 18. The van der Waals surface area contributed by atoms with Crippen LogP contribution in [0.1, 0.15) is 262 Å². The Bertz CT molecular complexity index is 6400. The van der Waals surface area contributed by atoms with E-state index in [2.05, 4.69) is 230 Å². The van der Waals surface area contributed by atoms with Gasteiger partial charge in [-0.3, -0.25) is 0 Å². The third-order valence-electron chi connectivity index (χ3n) is 29.3. The van der Waals surface area contributed by atoms with Crippen LogP contribution in [0.2, 0.25) is 0 Å². The molecule has 0 aliphatic carbocycles. The van der Waals surface area contributed by atoms with E-state index < -0.39 is 23.9 Å². The lowest BCUT2D eigenvalue weighted by molar-refractivity contribution is -0.152. The van der Waals surface area contributed by atoms with Gasteiger partial charge in [0.1, 0.15) is 102 Å². The molecule has 0 amide bonds. The van der Waals surface area contributed by atoms with Crippen LogP contribution in [0.4, 0.5) is 47.3 Å². The lowest BCUT2D eigenvalue weighted by Gasteiger charge is -2.43. The van der Waals surface area contributed by atoms with Gasteiger partial charge in [-0.15, -0.1) is 0 Å². The summed E-state index contributed by atoms with van der Waals surface area (Å²) in [5, 5.41) is 70.1. The molecule has 0 aromatic heterocycles. The minimum Gasteiger partial charge on any atom is -0.508 e. The van der Waals surface area contributed by atoms with Gasteiger partial charge < -0.3 is 114 Å². The zero-order valence-electron chi connectivity index (χ0n) is 84.8. The van der Waals surface area contributed by atoms with Gasteiger partial charge in [0.05, 0.1) is 121 Å². The van der Waals surface area contributed by atoms with Gasteiger partial charge in [-0.05, 0) is 199 Å². The molecule has 0 saturated carbocycles. The molecule has 6 fully saturated rings. The monoisotopic (exact) mass is 1990 g/mol. The smallest absolute Gasteiger partial charge is 0.416 e. The van der Waals surface area contributed by atoms with Gasteiger partial charge in [0.2, 0.25) is 0 Å². The van der Waals surface area contributed by atoms with Crippen LogP contribution in [0, 0.1) is 0 Å². The van der Waals surface area contributed by atoms with Crippen molar-refractivity contribution in [3.63, 3.8) is 0 Å². The van der Waals surface area contributed by atoms with Crippen LogP contribution in [0.3, 0.4) is 0 Å². The molecule has 12 aliphatic rings. The van der Waals surface area contributed by atoms with E-state index in [4.69, 9.17) is 56.8 Å². The Morgan fingerprint density at radius 1 is 0.253 bits per heavy atom. The fraction of sp³-hybridized carbons (Fsp3) is 0.400. The SMILES string of the molecule is CC(C)(C)c1ccc2c(c1)C1OCCOC1C(c1ccc(O)cc1)N2.CC(C)(C)c1ccc2c(c1)[C@H]1OCCO[C@H]1[C@H](c1cccc(O)c1)N2.CC(C)(C)c1ccc2c(c1)[C@H]1OCCO[C@H]1[C@H](c1ccccc1)N2.CC(C)c1ccc2c(c1)[C@H]1OCCO[C@H]1[C@H](c1cccc(O)c1)N2.CCc1ccc2c(c1)[C@H]1OCCO[C@H]1[C@H](c1cccc(O)c1)N2.Oc1cccc(C2Nc3ccc(C(F)(F)F)cc3C3OCCOC23)c1. The minimum absolute atomic E-state index is 0.00103. The van der Waals surface area contributed by atoms with Crippen molar-refractivity contribution in [1.82, 2.24) is 0 Å². The van der Waals surface area contributed by atoms with Crippen molar-refractivity contribution in [3.05, 3.63) is 361 Å². The first-order valence-corrected chi connectivity index (χ1v) is 51.1. The molecule has 0 spiro atoms. The molecule has 0 bridgehead atoms. The summed E-state index contributed by atoms with van der Waals surface area (Å²) in [6.45, 7) is 33.4. The molecule has 12 heterocycles. The zero-order chi connectivity index (χ0) is 102. The highest BCUT2D eigenvalue weighted by atomic mass is 19.4. The Morgan fingerprint density at radius 3 is 0.781 bits per heavy atom. The molecular formula is C120H135F3N6O17. The van der Waals surface area contributed by atoms with Gasteiger partial charge in [0, 0.05) is 67.5 Å². The number of ether oxygens (including phenoxy) is 12. The molecule has 11 N–H and O–H groups in total. The van der Waals surface area contributed by atoms with Crippen molar-refractivity contribution in [2.45, 2.75) is 227 Å². The Balaban J connectivity index is 0.000000111. The number of nitrogens with one attached hydrogen (secondary N) is 6. The molecule has 0 radical (unpaired) electrons. The lowest BCUT2D eigenvalue weighted by Crippen LogP contribution is -2.43. The van der Waals surface area contributed by atoms with E-state index in [1.165, 1.54) is 61.7 Å². The first kappa shape index (κ1) is 102. The van der Waals surface area contributed by atoms with Crippen molar-refractivity contribution in [3.8, 4) is 28.7 Å². The van der Waals surface area contributed by atoms with Gasteiger partial charge >= 0.3 is 6.18 Å². The largest absolute Gasteiger partial charge is 0.508 e. The van der Waals surface area contributed by atoms with Crippen LogP contribution in [0.5, 0.6) is 28.7 Å². The fourth-order valence-electron chi connectivity index (χ4n) is 21.6. The first-order chi connectivity index (χ1) is 70.2. The summed E-state index contributed by atoms with van der Waals surface area (Å²) in [5.41, 5.74) is 24.6. The summed E-state index contributed by atoms with van der Waals surface area (Å²) in [5.74, 6) is 1.66. The highest BCUT2D eigenvalue weighted by Crippen LogP contribution is 2.54. The Morgan fingerprint density at radius 2 is 0.500 bits per heavy atom. The number of hydrogen-bond acceptors (Lipinski definition) is 23. The fourth-order valence-corrected chi connectivity index (χ4v) is 21.6. The molecule has 768 valence electrons. The molecule has 18 atom stereocenters. The average Bonchev–Trinajstić information content (AvgIpc) is 0.824. The zero-order valence-corrected chi connectivity index (χ0v) is 84.8. The maximum Gasteiger partial charge on any atom is 0.416 e. The number of phenolic OH excluding ortho intramolecular Hbond substituents is 5. The van der Waals surface area contributed by atoms with Crippen molar-refractivity contribution in [2.75, 3.05) is 111 Å². The van der Waals surface area contributed by atoms with Crippen LogP contribution in [-0.2, 0) is 85.7 Å². The van der Waals surface area contributed by atoms with E-state index in [-0.39, 0.29) is 142 Å². The molecule has 24 rings (SSSR count). The third kappa shape index (κ3) is 22.6. The van der Waals surface area contributed by atoms with Gasteiger partial charge in [0.15, 0.2) is 0 Å². The first-order valence-electron chi connectivity index (χ1n) is 51.1. The van der Waals surface area contributed by atoms with Crippen LogP contribution in [0.25, 0.3) is 0 Å². The van der Waals surface area contributed by atoms with Crippen LogP contribution in [-0.4, -0.2) is 141 Å². The molecule has 6 unspecified atom stereocenters. The number of phenols is 5. The average molecular weight is 1990 g/mol.